The second kappa shape index (κ2) is 7.13. The molecule has 4 nitrogen and oxygen atoms in total. The molecular formula is C14H19ClN4S. The molecule has 0 aromatic carbocycles. The standard InChI is InChI=1S/C14H18N4S.ClH/c1-11-8-15-6-7-18(11)9-12-10-19-14(17-12)13-4-2-3-5-16-13;/h2-5,10-11,15H,6-9H2,1H3;1H/t11-;/m0./s1. The second-order valence-corrected chi connectivity index (χ2v) is 5.74. The van der Waals surface area contributed by atoms with Crippen LogP contribution in [-0.2, 0) is 6.54 Å². The van der Waals surface area contributed by atoms with Gasteiger partial charge in [-0.3, -0.25) is 9.88 Å². The fourth-order valence-electron chi connectivity index (χ4n) is 2.31. The maximum Gasteiger partial charge on any atom is 0.142 e. The Bertz CT molecular complexity index is 531. The molecule has 0 unspecified atom stereocenters. The third kappa shape index (κ3) is 3.55. The molecule has 1 atom stereocenters. The van der Waals surface area contributed by atoms with Gasteiger partial charge in [-0.2, -0.15) is 0 Å². The molecule has 0 amide bonds. The van der Waals surface area contributed by atoms with Crippen LogP contribution in [0.3, 0.4) is 0 Å². The molecule has 1 N–H and O–H groups in total. The number of thiazole rings is 1. The largest absolute Gasteiger partial charge is 0.314 e. The van der Waals surface area contributed by atoms with Crippen molar-refractivity contribution in [3.8, 4) is 10.7 Å². The highest BCUT2D eigenvalue weighted by molar-refractivity contribution is 7.13. The lowest BCUT2D eigenvalue weighted by molar-refractivity contribution is 0.164. The minimum Gasteiger partial charge on any atom is -0.314 e. The van der Waals surface area contributed by atoms with Crippen LogP contribution in [0.5, 0.6) is 0 Å². The summed E-state index contributed by atoms with van der Waals surface area (Å²) < 4.78 is 0. The topological polar surface area (TPSA) is 41.0 Å². The molecular weight excluding hydrogens is 292 g/mol. The van der Waals surface area contributed by atoms with Gasteiger partial charge in [-0.25, -0.2) is 4.98 Å². The monoisotopic (exact) mass is 310 g/mol. The Morgan fingerprint density at radius 2 is 2.35 bits per heavy atom. The van der Waals surface area contributed by atoms with Crippen molar-refractivity contribution >= 4 is 23.7 Å². The molecule has 0 radical (unpaired) electrons. The summed E-state index contributed by atoms with van der Waals surface area (Å²) in [5, 5.41) is 6.58. The molecule has 0 aliphatic carbocycles. The first-order chi connectivity index (χ1) is 9.33. The summed E-state index contributed by atoms with van der Waals surface area (Å²) in [5.74, 6) is 0. The Morgan fingerprint density at radius 3 is 3.10 bits per heavy atom. The van der Waals surface area contributed by atoms with Gasteiger partial charge in [0.05, 0.1) is 11.4 Å². The van der Waals surface area contributed by atoms with E-state index in [0.29, 0.717) is 6.04 Å². The molecule has 1 saturated heterocycles. The van der Waals surface area contributed by atoms with Crippen molar-refractivity contribution in [3.63, 3.8) is 0 Å². The zero-order valence-electron chi connectivity index (χ0n) is 11.5. The van der Waals surface area contributed by atoms with E-state index in [1.165, 1.54) is 0 Å². The molecule has 0 saturated carbocycles. The van der Waals surface area contributed by atoms with Gasteiger partial charge in [0.25, 0.3) is 0 Å². The quantitative estimate of drug-likeness (QED) is 0.945. The molecule has 1 aliphatic rings. The van der Waals surface area contributed by atoms with Crippen LogP contribution in [0, 0.1) is 0 Å². The summed E-state index contributed by atoms with van der Waals surface area (Å²) in [6, 6.07) is 6.52. The lowest BCUT2D eigenvalue weighted by Crippen LogP contribution is -2.49. The predicted octanol–water partition coefficient (Wildman–Crippen LogP) is 2.42. The summed E-state index contributed by atoms with van der Waals surface area (Å²) in [6.45, 7) is 6.43. The number of nitrogens with zero attached hydrogens (tertiary/aromatic N) is 3. The van der Waals surface area contributed by atoms with E-state index in [0.717, 1.165) is 42.6 Å². The normalized spacial score (nSPS) is 19.6. The summed E-state index contributed by atoms with van der Waals surface area (Å²) >= 11 is 1.68. The van der Waals surface area contributed by atoms with Gasteiger partial charge < -0.3 is 5.32 Å². The van der Waals surface area contributed by atoms with Crippen LogP contribution >= 0.6 is 23.7 Å². The van der Waals surface area contributed by atoms with E-state index >= 15 is 0 Å². The van der Waals surface area contributed by atoms with Gasteiger partial charge in [0.2, 0.25) is 0 Å². The van der Waals surface area contributed by atoms with Crippen LogP contribution in [-0.4, -0.2) is 40.5 Å². The van der Waals surface area contributed by atoms with Crippen LogP contribution in [0.1, 0.15) is 12.6 Å². The molecule has 108 valence electrons. The molecule has 0 bridgehead atoms. The fraction of sp³-hybridized carbons (Fsp3) is 0.429. The van der Waals surface area contributed by atoms with Crippen LogP contribution in [0.2, 0.25) is 0 Å². The number of hydrogen-bond acceptors (Lipinski definition) is 5. The van der Waals surface area contributed by atoms with Crippen LogP contribution in [0.25, 0.3) is 10.7 Å². The van der Waals surface area contributed by atoms with Gasteiger partial charge in [-0.05, 0) is 19.1 Å². The van der Waals surface area contributed by atoms with E-state index in [1.807, 2.05) is 24.4 Å². The summed E-state index contributed by atoms with van der Waals surface area (Å²) in [7, 11) is 0. The number of rotatable bonds is 3. The molecule has 2 aromatic rings. The average Bonchev–Trinajstić information content (AvgIpc) is 2.91. The van der Waals surface area contributed by atoms with Crippen molar-refractivity contribution in [2.75, 3.05) is 19.6 Å². The fourth-order valence-corrected chi connectivity index (χ4v) is 3.10. The second-order valence-electron chi connectivity index (χ2n) is 4.88. The first-order valence-electron chi connectivity index (χ1n) is 6.63. The number of pyridine rings is 1. The van der Waals surface area contributed by atoms with E-state index in [1.54, 1.807) is 11.3 Å². The molecule has 1 aliphatic heterocycles. The van der Waals surface area contributed by atoms with E-state index in [4.69, 9.17) is 4.98 Å². The van der Waals surface area contributed by atoms with Gasteiger partial charge in [-0.1, -0.05) is 6.07 Å². The number of hydrogen-bond donors (Lipinski definition) is 1. The molecule has 6 heteroatoms. The number of nitrogens with one attached hydrogen (secondary N) is 1. The zero-order chi connectivity index (χ0) is 13.1. The molecule has 3 rings (SSSR count). The highest BCUT2D eigenvalue weighted by Crippen LogP contribution is 2.22. The Balaban J connectivity index is 0.00000147. The van der Waals surface area contributed by atoms with Gasteiger partial charge in [0.15, 0.2) is 0 Å². The van der Waals surface area contributed by atoms with Gasteiger partial charge in [0.1, 0.15) is 5.01 Å². The maximum absolute atomic E-state index is 4.70. The summed E-state index contributed by atoms with van der Waals surface area (Å²) in [6.07, 6.45) is 1.81. The van der Waals surface area contributed by atoms with Crippen LogP contribution in [0.4, 0.5) is 0 Å². The highest BCUT2D eigenvalue weighted by Gasteiger charge is 2.19. The Kier molecular flexibility index (Phi) is 5.48. The van der Waals surface area contributed by atoms with Crippen molar-refractivity contribution in [2.45, 2.75) is 19.5 Å². The SMILES string of the molecule is C[C@H]1CNCCN1Cc1csc(-c2ccccn2)n1.Cl. The number of halogens is 1. The van der Waals surface area contributed by atoms with Gasteiger partial charge in [-0.15, -0.1) is 23.7 Å². The Labute approximate surface area is 129 Å². The molecule has 3 heterocycles. The van der Waals surface area contributed by atoms with Crippen molar-refractivity contribution in [2.24, 2.45) is 0 Å². The Hall–Kier alpha value is -1.01. The predicted molar refractivity (Wildman–Crippen MR) is 85.3 cm³/mol. The zero-order valence-corrected chi connectivity index (χ0v) is 13.1. The molecule has 1 fully saturated rings. The molecule has 2 aromatic heterocycles. The minimum absolute atomic E-state index is 0. The average molecular weight is 311 g/mol. The van der Waals surface area contributed by atoms with Crippen molar-refractivity contribution in [1.82, 2.24) is 20.2 Å². The van der Waals surface area contributed by atoms with E-state index in [9.17, 15) is 0 Å². The Morgan fingerprint density at radius 1 is 1.45 bits per heavy atom. The summed E-state index contributed by atoms with van der Waals surface area (Å²) in [5.41, 5.74) is 2.12. The molecule has 0 spiro atoms. The van der Waals surface area contributed by atoms with Crippen molar-refractivity contribution in [1.29, 1.82) is 0 Å². The van der Waals surface area contributed by atoms with Crippen molar-refractivity contribution in [3.05, 3.63) is 35.5 Å². The van der Waals surface area contributed by atoms with E-state index in [-0.39, 0.29) is 12.4 Å². The third-order valence-corrected chi connectivity index (χ3v) is 4.35. The maximum atomic E-state index is 4.70. The van der Waals surface area contributed by atoms with Crippen molar-refractivity contribution < 1.29 is 0 Å². The van der Waals surface area contributed by atoms with Gasteiger partial charge >= 0.3 is 0 Å². The first-order valence-corrected chi connectivity index (χ1v) is 7.51. The summed E-state index contributed by atoms with van der Waals surface area (Å²) in [4.78, 5) is 11.5. The first kappa shape index (κ1) is 15.4. The third-order valence-electron chi connectivity index (χ3n) is 3.44. The minimum atomic E-state index is 0. The molecule has 20 heavy (non-hydrogen) atoms. The van der Waals surface area contributed by atoms with Gasteiger partial charge in [0, 0.05) is 43.8 Å². The number of piperazine rings is 1. The lowest BCUT2D eigenvalue weighted by atomic mass is 10.2. The van der Waals surface area contributed by atoms with E-state index in [2.05, 4.69) is 27.5 Å². The lowest BCUT2D eigenvalue weighted by Gasteiger charge is -2.33. The van der Waals surface area contributed by atoms with E-state index < -0.39 is 0 Å². The highest BCUT2D eigenvalue weighted by atomic mass is 35.5. The van der Waals surface area contributed by atoms with Crippen LogP contribution < -0.4 is 5.32 Å². The smallest absolute Gasteiger partial charge is 0.142 e. The number of aromatic nitrogens is 2. The van der Waals surface area contributed by atoms with Crippen LogP contribution in [0.15, 0.2) is 29.8 Å².